The standard InChI is InChI=1S/C15H17FN2O2/c1-11(18-8-4-5-9-18)15(20)17-10-14(19)12-6-2-3-7-13(12)16/h2-9,11,14,19H,10H2,1H3,(H,17,20). The highest BCUT2D eigenvalue weighted by molar-refractivity contribution is 5.79. The largest absolute Gasteiger partial charge is 0.386 e. The lowest BCUT2D eigenvalue weighted by Crippen LogP contribution is -2.33. The molecule has 2 aromatic rings. The van der Waals surface area contributed by atoms with E-state index in [9.17, 15) is 14.3 Å². The predicted octanol–water partition coefficient (Wildman–Crippen LogP) is 2.04. The van der Waals surface area contributed by atoms with Crippen molar-refractivity contribution >= 4 is 5.91 Å². The van der Waals surface area contributed by atoms with E-state index in [0.29, 0.717) is 0 Å². The van der Waals surface area contributed by atoms with Crippen LogP contribution in [0, 0.1) is 5.82 Å². The number of amides is 1. The van der Waals surface area contributed by atoms with Crippen LogP contribution in [0.3, 0.4) is 0 Å². The molecule has 0 aliphatic carbocycles. The molecule has 1 amide bonds. The summed E-state index contributed by atoms with van der Waals surface area (Å²) in [6, 6.07) is 9.27. The molecule has 106 valence electrons. The summed E-state index contributed by atoms with van der Waals surface area (Å²) in [5, 5.41) is 12.5. The Labute approximate surface area is 116 Å². The quantitative estimate of drug-likeness (QED) is 0.878. The molecular weight excluding hydrogens is 259 g/mol. The third-order valence-electron chi connectivity index (χ3n) is 3.19. The summed E-state index contributed by atoms with van der Waals surface area (Å²) in [6.45, 7) is 1.73. The first kappa shape index (κ1) is 14.3. The second-order valence-electron chi connectivity index (χ2n) is 4.59. The maximum atomic E-state index is 13.5. The Balaban J connectivity index is 1.92. The first-order valence-corrected chi connectivity index (χ1v) is 6.42. The molecule has 0 aliphatic rings. The fourth-order valence-electron chi connectivity index (χ4n) is 1.94. The van der Waals surface area contributed by atoms with Crippen molar-refractivity contribution in [1.82, 2.24) is 9.88 Å². The van der Waals surface area contributed by atoms with Gasteiger partial charge >= 0.3 is 0 Å². The fraction of sp³-hybridized carbons (Fsp3) is 0.267. The van der Waals surface area contributed by atoms with Crippen molar-refractivity contribution in [3.8, 4) is 0 Å². The molecule has 4 nitrogen and oxygen atoms in total. The minimum Gasteiger partial charge on any atom is -0.386 e. The van der Waals surface area contributed by atoms with Gasteiger partial charge < -0.3 is 15.0 Å². The number of benzene rings is 1. The van der Waals surface area contributed by atoms with Gasteiger partial charge in [0.15, 0.2) is 0 Å². The van der Waals surface area contributed by atoms with Gasteiger partial charge in [0.2, 0.25) is 5.91 Å². The highest BCUT2D eigenvalue weighted by Gasteiger charge is 2.17. The number of carbonyl (C=O) groups excluding carboxylic acids is 1. The van der Waals surface area contributed by atoms with E-state index in [4.69, 9.17) is 0 Å². The summed E-state index contributed by atoms with van der Waals surface area (Å²) in [7, 11) is 0. The van der Waals surface area contributed by atoms with Gasteiger partial charge in [-0.3, -0.25) is 4.79 Å². The topological polar surface area (TPSA) is 54.3 Å². The van der Waals surface area contributed by atoms with E-state index in [1.165, 1.54) is 12.1 Å². The van der Waals surface area contributed by atoms with Gasteiger partial charge in [-0.2, -0.15) is 0 Å². The maximum Gasteiger partial charge on any atom is 0.242 e. The molecule has 20 heavy (non-hydrogen) atoms. The number of aliphatic hydroxyl groups excluding tert-OH is 1. The molecule has 2 N–H and O–H groups in total. The molecular formula is C15H17FN2O2. The predicted molar refractivity (Wildman–Crippen MR) is 73.5 cm³/mol. The van der Waals surface area contributed by atoms with Crippen molar-refractivity contribution in [2.24, 2.45) is 0 Å². The van der Waals surface area contributed by atoms with Crippen LogP contribution in [0.1, 0.15) is 24.6 Å². The van der Waals surface area contributed by atoms with Crippen LogP contribution in [0.4, 0.5) is 4.39 Å². The van der Waals surface area contributed by atoms with E-state index in [1.807, 2.05) is 12.1 Å². The zero-order chi connectivity index (χ0) is 14.5. The SMILES string of the molecule is CC(C(=O)NCC(O)c1ccccc1F)n1cccc1. The summed E-state index contributed by atoms with van der Waals surface area (Å²) in [6.07, 6.45) is 2.52. The molecule has 0 fully saturated rings. The number of aromatic nitrogens is 1. The highest BCUT2D eigenvalue weighted by Crippen LogP contribution is 2.16. The van der Waals surface area contributed by atoms with Crippen LogP contribution in [0.25, 0.3) is 0 Å². The lowest BCUT2D eigenvalue weighted by molar-refractivity contribution is -0.124. The van der Waals surface area contributed by atoms with Crippen molar-refractivity contribution in [1.29, 1.82) is 0 Å². The molecule has 0 radical (unpaired) electrons. The summed E-state index contributed by atoms with van der Waals surface area (Å²) in [5.41, 5.74) is 0.182. The van der Waals surface area contributed by atoms with Crippen molar-refractivity contribution in [2.75, 3.05) is 6.54 Å². The molecule has 2 unspecified atom stereocenters. The Morgan fingerprint density at radius 3 is 2.60 bits per heavy atom. The third kappa shape index (κ3) is 3.24. The Hall–Kier alpha value is -2.14. The van der Waals surface area contributed by atoms with Gasteiger partial charge in [-0.1, -0.05) is 18.2 Å². The van der Waals surface area contributed by atoms with Crippen LogP contribution in [-0.2, 0) is 4.79 Å². The number of nitrogens with zero attached hydrogens (tertiary/aromatic N) is 1. The van der Waals surface area contributed by atoms with Gasteiger partial charge in [0, 0.05) is 24.5 Å². The third-order valence-corrected chi connectivity index (χ3v) is 3.19. The average Bonchev–Trinajstić information content (AvgIpc) is 2.98. The summed E-state index contributed by atoms with van der Waals surface area (Å²) in [4.78, 5) is 11.9. The van der Waals surface area contributed by atoms with Crippen LogP contribution in [-0.4, -0.2) is 22.1 Å². The second kappa shape index (κ2) is 6.34. The number of aliphatic hydroxyl groups is 1. The lowest BCUT2D eigenvalue weighted by atomic mass is 10.1. The number of nitrogens with one attached hydrogen (secondary N) is 1. The Morgan fingerprint density at radius 1 is 1.30 bits per heavy atom. The van der Waals surface area contributed by atoms with Gasteiger partial charge in [0.05, 0.1) is 6.10 Å². The molecule has 1 aromatic heterocycles. The number of halogens is 1. The zero-order valence-corrected chi connectivity index (χ0v) is 11.2. The van der Waals surface area contributed by atoms with Crippen LogP contribution in [0.2, 0.25) is 0 Å². The van der Waals surface area contributed by atoms with E-state index in [1.54, 1.807) is 36.0 Å². The van der Waals surface area contributed by atoms with Gasteiger partial charge in [-0.05, 0) is 25.1 Å². The minimum atomic E-state index is -1.06. The van der Waals surface area contributed by atoms with Gasteiger partial charge in [-0.25, -0.2) is 4.39 Å². The van der Waals surface area contributed by atoms with Crippen LogP contribution in [0.15, 0.2) is 48.8 Å². The average molecular weight is 276 g/mol. The summed E-state index contributed by atoms with van der Waals surface area (Å²) < 4.78 is 15.2. The first-order valence-electron chi connectivity index (χ1n) is 6.42. The summed E-state index contributed by atoms with van der Waals surface area (Å²) in [5.74, 6) is -0.704. The molecule has 1 aromatic carbocycles. The first-order chi connectivity index (χ1) is 9.59. The number of rotatable bonds is 5. The van der Waals surface area contributed by atoms with Crippen molar-refractivity contribution in [3.05, 3.63) is 60.2 Å². The van der Waals surface area contributed by atoms with E-state index >= 15 is 0 Å². The van der Waals surface area contributed by atoms with Crippen molar-refractivity contribution in [3.63, 3.8) is 0 Å². The normalized spacial score (nSPS) is 13.8. The Bertz CT molecular complexity index is 569. The van der Waals surface area contributed by atoms with Crippen LogP contribution >= 0.6 is 0 Å². The lowest BCUT2D eigenvalue weighted by Gasteiger charge is -2.17. The number of carbonyl (C=O) groups is 1. The highest BCUT2D eigenvalue weighted by atomic mass is 19.1. The van der Waals surface area contributed by atoms with Crippen LogP contribution < -0.4 is 5.32 Å². The fourth-order valence-corrected chi connectivity index (χ4v) is 1.94. The monoisotopic (exact) mass is 276 g/mol. The number of hydrogen-bond acceptors (Lipinski definition) is 2. The van der Waals surface area contributed by atoms with E-state index in [2.05, 4.69) is 5.32 Å². The molecule has 1 heterocycles. The smallest absolute Gasteiger partial charge is 0.242 e. The summed E-state index contributed by atoms with van der Waals surface area (Å²) >= 11 is 0. The second-order valence-corrected chi connectivity index (χ2v) is 4.59. The number of hydrogen-bond donors (Lipinski definition) is 2. The molecule has 2 atom stereocenters. The van der Waals surface area contributed by atoms with Gasteiger partial charge in [0.25, 0.3) is 0 Å². The molecule has 0 saturated carbocycles. The van der Waals surface area contributed by atoms with E-state index in [-0.39, 0.29) is 24.1 Å². The van der Waals surface area contributed by atoms with E-state index in [0.717, 1.165) is 0 Å². The molecule has 0 saturated heterocycles. The molecule has 2 rings (SSSR count). The van der Waals surface area contributed by atoms with Gasteiger partial charge in [-0.15, -0.1) is 0 Å². The molecule has 0 aliphatic heterocycles. The van der Waals surface area contributed by atoms with Crippen molar-refractivity contribution < 1.29 is 14.3 Å². The van der Waals surface area contributed by atoms with Crippen LogP contribution in [0.5, 0.6) is 0 Å². The molecule has 0 bridgehead atoms. The maximum absolute atomic E-state index is 13.5. The van der Waals surface area contributed by atoms with E-state index < -0.39 is 11.9 Å². The van der Waals surface area contributed by atoms with Crippen molar-refractivity contribution in [2.45, 2.75) is 19.1 Å². The molecule has 0 spiro atoms. The Kier molecular flexibility index (Phi) is 4.53. The van der Waals surface area contributed by atoms with Gasteiger partial charge in [0.1, 0.15) is 11.9 Å². The minimum absolute atomic E-state index is 0.0224. The molecule has 5 heteroatoms. The Morgan fingerprint density at radius 2 is 1.95 bits per heavy atom. The zero-order valence-electron chi connectivity index (χ0n) is 11.2.